The van der Waals surface area contributed by atoms with Crippen LogP contribution in [0.2, 0.25) is 0 Å². The van der Waals surface area contributed by atoms with Crippen molar-refractivity contribution in [1.82, 2.24) is 9.97 Å². The van der Waals surface area contributed by atoms with E-state index >= 15 is 0 Å². The number of hydrazine groups is 1. The molecule has 0 radical (unpaired) electrons. The van der Waals surface area contributed by atoms with Gasteiger partial charge < -0.3 is 15.1 Å². The molecule has 6 heteroatoms. The molecule has 0 bridgehead atoms. The summed E-state index contributed by atoms with van der Waals surface area (Å²) < 4.78 is 5.10. The summed E-state index contributed by atoms with van der Waals surface area (Å²) in [6.45, 7) is 0.417. The monoisotopic (exact) mass is 273 g/mol. The quantitative estimate of drug-likeness (QED) is 0.637. The first-order valence-corrected chi connectivity index (χ1v) is 6.25. The van der Waals surface area contributed by atoms with Crippen LogP contribution in [0.4, 0.5) is 11.5 Å². The van der Waals surface area contributed by atoms with Gasteiger partial charge in [0.2, 0.25) is 0 Å². The van der Waals surface area contributed by atoms with E-state index in [0.717, 1.165) is 16.9 Å². The summed E-state index contributed by atoms with van der Waals surface area (Å²) in [6, 6.07) is 9.79. The second-order valence-corrected chi connectivity index (χ2v) is 4.59. The lowest BCUT2D eigenvalue weighted by molar-refractivity contribution is 0.181. The van der Waals surface area contributed by atoms with Crippen molar-refractivity contribution in [3.8, 4) is 11.4 Å². The van der Waals surface area contributed by atoms with E-state index < -0.39 is 0 Å². The van der Waals surface area contributed by atoms with Crippen molar-refractivity contribution in [1.29, 1.82) is 0 Å². The molecule has 3 N–H and O–H groups in total. The van der Waals surface area contributed by atoms with Gasteiger partial charge >= 0.3 is 0 Å². The Morgan fingerprint density at radius 3 is 2.45 bits per heavy atom. The number of nitrogens with zero attached hydrogens (tertiary/aromatic N) is 3. The Kier molecular flexibility index (Phi) is 4.49. The van der Waals surface area contributed by atoms with Crippen LogP contribution in [0.15, 0.2) is 30.3 Å². The number of nitrogens with two attached hydrogens (primary N) is 1. The third-order valence-corrected chi connectivity index (χ3v) is 2.86. The van der Waals surface area contributed by atoms with E-state index in [1.807, 2.05) is 43.3 Å². The molecule has 1 aromatic carbocycles. The van der Waals surface area contributed by atoms with Gasteiger partial charge in [0, 0.05) is 38.5 Å². The Labute approximate surface area is 118 Å². The Morgan fingerprint density at radius 1 is 1.20 bits per heavy atom. The van der Waals surface area contributed by atoms with Crippen molar-refractivity contribution in [2.75, 3.05) is 31.5 Å². The van der Waals surface area contributed by atoms with Crippen molar-refractivity contribution in [2.24, 2.45) is 5.84 Å². The topological polar surface area (TPSA) is 76.3 Å². The van der Waals surface area contributed by atoms with Crippen molar-refractivity contribution >= 4 is 11.5 Å². The third-order valence-electron chi connectivity index (χ3n) is 2.86. The largest absolute Gasteiger partial charge is 0.378 e. The van der Waals surface area contributed by atoms with Gasteiger partial charge in [0.15, 0.2) is 5.82 Å². The number of nitrogens with one attached hydrogen (secondary N) is 1. The first-order valence-electron chi connectivity index (χ1n) is 6.25. The number of ether oxygens (including phenoxy) is 1. The molecule has 0 spiro atoms. The number of nitrogen functional groups attached to an aromatic ring is 1. The molecule has 0 saturated heterocycles. The molecule has 20 heavy (non-hydrogen) atoms. The lowest BCUT2D eigenvalue weighted by Gasteiger charge is -2.13. The van der Waals surface area contributed by atoms with Crippen LogP contribution >= 0.6 is 0 Å². The van der Waals surface area contributed by atoms with Crippen LogP contribution in [-0.2, 0) is 11.3 Å². The Hall–Kier alpha value is -2.18. The molecular formula is C14H19N5O. The maximum atomic E-state index is 5.44. The summed E-state index contributed by atoms with van der Waals surface area (Å²) in [5, 5.41) is 0. The summed E-state index contributed by atoms with van der Waals surface area (Å²) in [7, 11) is 5.63. The third kappa shape index (κ3) is 3.23. The number of methoxy groups -OCH3 is 1. The highest BCUT2D eigenvalue weighted by Gasteiger charge is 2.07. The van der Waals surface area contributed by atoms with Gasteiger partial charge in [-0.1, -0.05) is 0 Å². The molecule has 0 aliphatic rings. The van der Waals surface area contributed by atoms with Gasteiger partial charge in [-0.05, 0) is 24.3 Å². The second-order valence-electron chi connectivity index (χ2n) is 4.59. The fraction of sp³-hybridized carbons (Fsp3) is 0.286. The minimum Gasteiger partial charge on any atom is -0.378 e. The number of hydrogen-bond acceptors (Lipinski definition) is 6. The zero-order valence-electron chi connectivity index (χ0n) is 11.9. The van der Waals surface area contributed by atoms with E-state index in [-0.39, 0.29) is 0 Å². The number of benzene rings is 1. The number of aromatic nitrogens is 2. The maximum absolute atomic E-state index is 5.44. The van der Waals surface area contributed by atoms with E-state index in [4.69, 9.17) is 10.6 Å². The standard InChI is InChI=1S/C14H19N5O/c1-19(2)12-6-4-10(5-7-12)14-16-11(9-20-3)8-13(17-14)18-15/h4-8H,9,15H2,1-3H3,(H,16,17,18). The van der Waals surface area contributed by atoms with Gasteiger partial charge in [0.1, 0.15) is 5.82 Å². The Balaban J connectivity index is 2.37. The lowest BCUT2D eigenvalue weighted by Crippen LogP contribution is -2.11. The second kappa shape index (κ2) is 6.31. The first-order chi connectivity index (χ1) is 9.63. The SMILES string of the molecule is COCc1cc(NN)nc(-c2ccc(N(C)C)cc2)n1. The normalized spacial score (nSPS) is 10.4. The maximum Gasteiger partial charge on any atom is 0.161 e. The summed E-state index contributed by atoms with van der Waals surface area (Å²) in [5.41, 5.74) is 5.39. The van der Waals surface area contributed by atoms with Gasteiger partial charge in [0.25, 0.3) is 0 Å². The molecule has 0 aliphatic carbocycles. The zero-order chi connectivity index (χ0) is 14.5. The minimum absolute atomic E-state index is 0.417. The smallest absolute Gasteiger partial charge is 0.161 e. The van der Waals surface area contributed by atoms with Crippen LogP contribution in [0.25, 0.3) is 11.4 Å². The predicted molar refractivity (Wildman–Crippen MR) is 80.3 cm³/mol. The average molecular weight is 273 g/mol. The summed E-state index contributed by atoms with van der Waals surface area (Å²) in [6.07, 6.45) is 0. The average Bonchev–Trinajstić information content (AvgIpc) is 2.47. The molecular weight excluding hydrogens is 254 g/mol. The molecule has 0 saturated carbocycles. The molecule has 2 rings (SSSR count). The molecule has 0 amide bonds. The van der Waals surface area contributed by atoms with Crippen LogP contribution in [0.5, 0.6) is 0 Å². The fourth-order valence-corrected chi connectivity index (χ4v) is 1.83. The fourth-order valence-electron chi connectivity index (χ4n) is 1.83. The molecule has 1 heterocycles. The lowest BCUT2D eigenvalue weighted by atomic mass is 10.2. The van der Waals surface area contributed by atoms with Crippen LogP contribution in [0.1, 0.15) is 5.69 Å². The van der Waals surface area contributed by atoms with Gasteiger partial charge in [-0.3, -0.25) is 0 Å². The molecule has 0 aliphatic heterocycles. The first kappa shape index (κ1) is 14.2. The Bertz CT molecular complexity index is 568. The molecule has 0 atom stereocenters. The summed E-state index contributed by atoms with van der Waals surface area (Å²) in [5.74, 6) is 6.63. The summed E-state index contributed by atoms with van der Waals surface area (Å²) in [4.78, 5) is 10.9. The number of anilines is 2. The highest BCUT2D eigenvalue weighted by Crippen LogP contribution is 2.21. The van der Waals surface area contributed by atoms with E-state index in [1.54, 1.807) is 13.2 Å². The van der Waals surface area contributed by atoms with Gasteiger partial charge in [0.05, 0.1) is 12.3 Å². The van der Waals surface area contributed by atoms with E-state index in [2.05, 4.69) is 15.4 Å². The van der Waals surface area contributed by atoms with E-state index in [1.165, 1.54) is 0 Å². The molecule has 6 nitrogen and oxygen atoms in total. The zero-order valence-corrected chi connectivity index (χ0v) is 11.9. The number of rotatable bonds is 5. The highest BCUT2D eigenvalue weighted by molar-refractivity contribution is 5.61. The van der Waals surface area contributed by atoms with Crippen LogP contribution in [-0.4, -0.2) is 31.2 Å². The van der Waals surface area contributed by atoms with Crippen LogP contribution in [0, 0.1) is 0 Å². The Morgan fingerprint density at radius 2 is 1.90 bits per heavy atom. The molecule has 0 fully saturated rings. The summed E-state index contributed by atoms with van der Waals surface area (Å²) >= 11 is 0. The van der Waals surface area contributed by atoms with Crippen molar-refractivity contribution in [2.45, 2.75) is 6.61 Å². The number of hydrogen-bond donors (Lipinski definition) is 2. The van der Waals surface area contributed by atoms with E-state index in [0.29, 0.717) is 18.2 Å². The van der Waals surface area contributed by atoms with Crippen molar-refractivity contribution in [3.05, 3.63) is 36.0 Å². The van der Waals surface area contributed by atoms with Crippen LogP contribution in [0.3, 0.4) is 0 Å². The van der Waals surface area contributed by atoms with Crippen molar-refractivity contribution in [3.63, 3.8) is 0 Å². The molecule has 1 aromatic heterocycles. The molecule has 0 unspecified atom stereocenters. The highest BCUT2D eigenvalue weighted by atomic mass is 16.5. The molecule has 2 aromatic rings. The van der Waals surface area contributed by atoms with Crippen molar-refractivity contribution < 1.29 is 4.74 Å². The van der Waals surface area contributed by atoms with Gasteiger partial charge in [-0.2, -0.15) is 0 Å². The van der Waals surface area contributed by atoms with E-state index in [9.17, 15) is 0 Å². The minimum atomic E-state index is 0.417. The predicted octanol–water partition coefficient (Wildman–Crippen LogP) is 1.64. The van der Waals surface area contributed by atoms with Gasteiger partial charge in [-0.15, -0.1) is 0 Å². The van der Waals surface area contributed by atoms with Gasteiger partial charge in [-0.25, -0.2) is 15.8 Å². The van der Waals surface area contributed by atoms with Crippen LogP contribution < -0.4 is 16.2 Å². The molecule has 106 valence electrons.